The first-order valence-corrected chi connectivity index (χ1v) is 9.46. The summed E-state index contributed by atoms with van der Waals surface area (Å²) in [5, 5.41) is 3.68. The number of amides is 2. The molecular weight excluding hydrogens is 376 g/mol. The monoisotopic (exact) mass is 396 g/mol. The van der Waals surface area contributed by atoms with Crippen LogP contribution in [0.3, 0.4) is 0 Å². The maximum Gasteiger partial charge on any atom is 0.256 e. The van der Waals surface area contributed by atoms with E-state index in [0.717, 1.165) is 16.5 Å². The van der Waals surface area contributed by atoms with E-state index in [9.17, 15) is 9.59 Å². The lowest BCUT2D eigenvalue weighted by atomic mass is 10.0. The molecule has 0 saturated carbocycles. The highest BCUT2D eigenvalue weighted by Gasteiger charge is 2.15. The summed E-state index contributed by atoms with van der Waals surface area (Å²) in [6, 6.07) is 19.9. The lowest BCUT2D eigenvalue weighted by molar-refractivity contribution is 0.0827. The van der Waals surface area contributed by atoms with Crippen LogP contribution in [0.15, 0.2) is 79.1 Å². The highest BCUT2D eigenvalue weighted by molar-refractivity contribution is 6.13. The average Bonchev–Trinajstić information content (AvgIpc) is 2.78. The van der Waals surface area contributed by atoms with Crippen LogP contribution >= 0.6 is 0 Å². The number of hydrogen-bond acceptors (Lipinski definition) is 4. The van der Waals surface area contributed by atoms with Crippen LogP contribution in [0, 0.1) is 0 Å². The molecule has 4 aromatic rings. The molecule has 148 valence electrons. The standard InChI is InChI=1S/C24H20N4O2/c1-28(2)24(30)16-9-11-18(12-10-16)26-23(29)20-14-22(17-6-5-13-25-15-17)27-21-8-4-3-7-19(20)21/h3-15H,1-2H3,(H,26,29). The van der Waals surface area contributed by atoms with Crippen LogP contribution in [0.4, 0.5) is 5.69 Å². The van der Waals surface area contributed by atoms with Crippen LogP contribution in [-0.4, -0.2) is 40.8 Å². The predicted molar refractivity (Wildman–Crippen MR) is 117 cm³/mol. The summed E-state index contributed by atoms with van der Waals surface area (Å²) in [6.45, 7) is 0. The average molecular weight is 396 g/mol. The minimum atomic E-state index is -0.245. The fraction of sp³-hybridized carbons (Fsp3) is 0.0833. The summed E-state index contributed by atoms with van der Waals surface area (Å²) >= 11 is 0. The van der Waals surface area contributed by atoms with E-state index in [4.69, 9.17) is 0 Å². The maximum atomic E-state index is 13.1. The van der Waals surface area contributed by atoms with Gasteiger partial charge in [-0.2, -0.15) is 0 Å². The summed E-state index contributed by atoms with van der Waals surface area (Å²) in [5.74, 6) is -0.334. The number of hydrogen-bond donors (Lipinski definition) is 1. The lowest BCUT2D eigenvalue weighted by Crippen LogP contribution is -2.21. The Bertz CT molecular complexity index is 1220. The number of pyridine rings is 2. The van der Waals surface area contributed by atoms with Gasteiger partial charge < -0.3 is 10.2 Å². The summed E-state index contributed by atoms with van der Waals surface area (Å²) in [4.78, 5) is 35.5. The van der Waals surface area contributed by atoms with E-state index in [1.807, 2.05) is 36.4 Å². The smallest absolute Gasteiger partial charge is 0.256 e. The minimum Gasteiger partial charge on any atom is -0.345 e. The van der Waals surface area contributed by atoms with Gasteiger partial charge in [0.05, 0.1) is 16.8 Å². The number of carbonyl (C=O) groups excluding carboxylic acids is 2. The summed E-state index contributed by atoms with van der Waals surface area (Å²) < 4.78 is 0. The van der Waals surface area contributed by atoms with Crippen molar-refractivity contribution in [3.63, 3.8) is 0 Å². The first-order valence-electron chi connectivity index (χ1n) is 9.46. The Hall–Kier alpha value is -4.06. The topological polar surface area (TPSA) is 75.2 Å². The van der Waals surface area contributed by atoms with Crippen LogP contribution in [0.5, 0.6) is 0 Å². The number of aromatic nitrogens is 2. The largest absolute Gasteiger partial charge is 0.345 e. The van der Waals surface area contributed by atoms with Gasteiger partial charge in [0.25, 0.3) is 11.8 Å². The molecule has 30 heavy (non-hydrogen) atoms. The lowest BCUT2D eigenvalue weighted by Gasteiger charge is -2.12. The van der Waals surface area contributed by atoms with Gasteiger partial charge in [-0.25, -0.2) is 4.98 Å². The van der Waals surface area contributed by atoms with Crippen molar-refractivity contribution in [2.45, 2.75) is 0 Å². The Morgan fingerprint density at radius 1 is 0.933 bits per heavy atom. The minimum absolute atomic E-state index is 0.0888. The van der Waals surface area contributed by atoms with Gasteiger partial charge in [-0.1, -0.05) is 18.2 Å². The molecule has 2 aromatic carbocycles. The van der Waals surface area contributed by atoms with Crippen molar-refractivity contribution in [2.75, 3.05) is 19.4 Å². The summed E-state index contributed by atoms with van der Waals surface area (Å²) in [5.41, 5.74) is 3.94. The molecule has 6 nitrogen and oxygen atoms in total. The molecule has 0 spiro atoms. The van der Waals surface area contributed by atoms with Crippen LogP contribution in [0.2, 0.25) is 0 Å². The second-order valence-corrected chi connectivity index (χ2v) is 7.04. The molecule has 2 aromatic heterocycles. The molecule has 0 aliphatic carbocycles. The third-order valence-corrected chi connectivity index (χ3v) is 4.71. The van der Waals surface area contributed by atoms with Crippen molar-refractivity contribution in [1.29, 1.82) is 0 Å². The number of nitrogens with one attached hydrogen (secondary N) is 1. The van der Waals surface area contributed by atoms with Crippen LogP contribution in [-0.2, 0) is 0 Å². The van der Waals surface area contributed by atoms with E-state index in [2.05, 4.69) is 15.3 Å². The second kappa shape index (κ2) is 8.13. The van der Waals surface area contributed by atoms with E-state index >= 15 is 0 Å². The quantitative estimate of drug-likeness (QED) is 0.560. The highest BCUT2D eigenvalue weighted by Crippen LogP contribution is 2.25. The first kappa shape index (κ1) is 19.3. The Labute approximate surface area is 174 Å². The van der Waals surface area contributed by atoms with Gasteiger partial charge >= 0.3 is 0 Å². The molecule has 0 radical (unpaired) electrons. The van der Waals surface area contributed by atoms with Gasteiger partial charge in [0, 0.05) is 48.7 Å². The zero-order chi connectivity index (χ0) is 21.1. The molecule has 0 aliphatic rings. The molecule has 0 fully saturated rings. The predicted octanol–water partition coefficient (Wildman–Crippen LogP) is 4.25. The Balaban J connectivity index is 1.68. The van der Waals surface area contributed by atoms with Gasteiger partial charge in [0.2, 0.25) is 0 Å². The molecule has 1 N–H and O–H groups in total. The van der Waals surface area contributed by atoms with E-state index in [-0.39, 0.29) is 11.8 Å². The fourth-order valence-corrected chi connectivity index (χ4v) is 3.18. The normalized spacial score (nSPS) is 10.6. The molecule has 6 heteroatoms. The molecule has 2 heterocycles. The van der Waals surface area contributed by atoms with Crippen molar-refractivity contribution in [3.05, 3.63) is 90.3 Å². The number of nitrogens with zero attached hydrogens (tertiary/aromatic N) is 3. The molecular formula is C24H20N4O2. The number of rotatable bonds is 4. The fourth-order valence-electron chi connectivity index (χ4n) is 3.18. The van der Waals surface area contributed by atoms with Crippen molar-refractivity contribution >= 4 is 28.4 Å². The van der Waals surface area contributed by atoms with Crippen molar-refractivity contribution < 1.29 is 9.59 Å². The molecule has 0 atom stereocenters. The van der Waals surface area contributed by atoms with E-state index in [1.165, 1.54) is 4.90 Å². The van der Waals surface area contributed by atoms with Crippen molar-refractivity contribution in [3.8, 4) is 11.3 Å². The maximum absolute atomic E-state index is 13.1. The SMILES string of the molecule is CN(C)C(=O)c1ccc(NC(=O)c2cc(-c3cccnc3)nc3ccccc23)cc1. The summed E-state index contributed by atoms with van der Waals surface area (Å²) in [7, 11) is 3.40. The zero-order valence-corrected chi connectivity index (χ0v) is 16.7. The van der Waals surface area contributed by atoms with Crippen molar-refractivity contribution in [1.82, 2.24) is 14.9 Å². The first-order chi connectivity index (χ1) is 14.5. The molecule has 4 rings (SSSR count). The van der Waals surface area contributed by atoms with Gasteiger partial charge in [-0.15, -0.1) is 0 Å². The summed E-state index contributed by atoms with van der Waals surface area (Å²) in [6.07, 6.45) is 3.42. The Morgan fingerprint density at radius 2 is 1.70 bits per heavy atom. The molecule has 0 saturated heterocycles. The van der Waals surface area contributed by atoms with Crippen LogP contribution in [0.25, 0.3) is 22.2 Å². The third kappa shape index (κ3) is 3.89. The Kier molecular flexibility index (Phi) is 5.22. The molecule has 2 amide bonds. The van der Waals surface area contributed by atoms with E-state index in [0.29, 0.717) is 22.5 Å². The second-order valence-electron chi connectivity index (χ2n) is 7.04. The van der Waals surface area contributed by atoms with Crippen LogP contribution in [0.1, 0.15) is 20.7 Å². The number of fused-ring (bicyclic) bond motifs is 1. The molecule has 0 bridgehead atoms. The van der Waals surface area contributed by atoms with Crippen molar-refractivity contribution in [2.24, 2.45) is 0 Å². The van der Waals surface area contributed by atoms with Gasteiger partial charge in [0.1, 0.15) is 0 Å². The number of anilines is 1. The number of benzene rings is 2. The van der Waals surface area contributed by atoms with Gasteiger partial charge in [-0.3, -0.25) is 14.6 Å². The molecule has 0 aliphatic heterocycles. The van der Waals surface area contributed by atoms with Crippen LogP contribution < -0.4 is 5.32 Å². The van der Waals surface area contributed by atoms with E-state index < -0.39 is 0 Å². The number of para-hydroxylation sites is 1. The van der Waals surface area contributed by atoms with Gasteiger partial charge in [-0.05, 0) is 48.5 Å². The number of carbonyl (C=O) groups is 2. The third-order valence-electron chi connectivity index (χ3n) is 4.71. The van der Waals surface area contributed by atoms with E-state index in [1.54, 1.807) is 56.8 Å². The molecule has 0 unspecified atom stereocenters. The van der Waals surface area contributed by atoms with Gasteiger partial charge in [0.15, 0.2) is 0 Å². The zero-order valence-electron chi connectivity index (χ0n) is 16.7. The highest BCUT2D eigenvalue weighted by atomic mass is 16.2. The Morgan fingerprint density at radius 3 is 2.40 bits per heavy atom.